The van der Waals surface area contributed by atoms with E-state index in [0.29, 0.717) is 12.6 Å². The molecule has 4 nitrogen and oxygen atoms in total. The summed E-state index contributed by atoms with van der Waals surface area (Å²) >= 11 is 0. The smallest absolute Gasteiger partial charge is 0.129 e. The average Bonchev–Trinajstić information content (AvgIpc) is 2.72. The molecule has 76 valence electrons. The van der Waals surface area contributed by atoms with E-state index in [1.54, 1.807) is 0 Å². The summed E-state index contributed by atoms with van der Waals surface area (Å²) in [6, 6.07) is 0.460. The first-order valence-corrected chi connectivity index (χ1v) is 5.14. The molecule has 0 aliphatic carbocycles. The molecule has 3 N–H and O–H groups in total. The molecule has 14 heavy (non-hydrogen) atoms. The first-order chi connectivity index (χ1) is 6.90. The van der Waals surface area contributed by atoms with Crippen molar-refractivity contribution in [2.24, 2.45) is 5.73 Å². The maximum Gasteiger partial charge on any atom is 0.129 e. The molecule has 1 fully saturated rings. The van der Waals surface area contributed by atoms with Crippen LogP contribution in [0.1, 0.15) is 30.3 Å². The molecule has 1 aromatic heterocycles. The summed E-state index contributed by atoms with van der Waals surface area (Å²) in [4.78, 5) is 8.56. The van der Waals surface area contributed by atoms with Crippen molar-refractivity contribution in [1.29, 1.82) is 0 Å². The Balaban J connectivity index is 2.05. The molecule has 0 radical (unpaired) electrons. The summed E-state index contributed by atoms with van der Waals surface area (Å²) in [5.74, 6) is 0.842. The van der Waals surface area contributed by atoms with Gasteiger partial charge in [-0.15, -0.1) is 0 Å². The summed E-state index contributed by atoms with van der Waals surface area (Å²) in [7, 11) is 0. The molecular weight excluding hydrogens is 176 g/mol. The van der Waals surface area contributed by atoms with Crippen molar-refractivity contribution in [2.75, 3.05) is 13.1 Å². The molecule has 1 saturated heterocycles. The van der Waals surface area contributed by atoms with Gasteiger partial charge < -0.3 is 11.1 Å². The highest BCUT2D eigenvalue weighted by Gasteiger charge is 2.16. The molecule has 1 aliphatic heterocycles. The highest BCUT2D eigenvalue weighted by Crippen LogP contribution is 2.21. The Morgan fingerprint density at radius 1 is 1.43 bits per heavy atom. The zero-order valence-electron chi connectivity index (χ0n) is 8.24. The molecule has 1 aromatic rings. The molecule has 1 unspecified atom stereocenters. The second-order valence-electron chi connectivity index (χ2n) is 3.62. The van der Waals surface area contributed by atoms with Crippen LogP contribution in [0.5, 0.6) is 0 Å². The van der Waals surface area contributed by atoms with Crippen LogP contribution in [0, 0.1) is 0 Å². The SMILES string of the molecule is NCCc1ncc(C2CCCN2)cn1. The third-order valence-corrected chi connectivity index (χ3v) is 2.56. The van der Waals surface area contributed by atoms with Crippen LogP contribution in [-0.4, -0.2) is 23.1 Å². The lowest BCUT2D eigenvalue weighted by Gasteiger charge is -2.09. The fourth-order valence-corrected chi connectivity index (χ4v) is 1.77. The van der Waals surface area contributed by atoms with Crippen molar-refractivity contribution in [1.82, 2.24) is 15.3 Å². The summed E-state index contributed by atoms with van der Waals surface area (Å²) in [5.41, 5.74) is 6.63. The highest BCUT2D eigenvalue weighted by molar-refractivity contribution is 5.12. The number of hydrogen-bond donors (Lipinski definition) is 2. The van der Waals surface area contributed by atoms with Gasteiger partial charge in [0.2, 0.25) is 0 Å². The molecule has 0 saturated carbocycles. The quantitative estimate of drug-likeness (QED) is 0.727. The van der Waals surface area contributed by atoms with Gasteiger partial charge in [-0.3, -0.25) is 0 Å². The van der Waals surface area contributed by atoms with Crippen LogP contribution in [0.3, 0.4) is 0 Å². The van der Waals surface area contributed by atoms with Crippen LogP contribution in [0.15, 0.2) is 12.4 Å². The van der Waals surface area contributed by atoms with Crippen molar-refractivity contribution >= 4 is 0 Å². The van der Waals surface area contributed by atoms with E-state index < -0.39 is 0 Å². The van der Waals surface area contributed by atoms with Gasteiger partial charge in [0.15, 0.2) is 0 Å². The molecule has 2 heterocycles. The van der Waals surface area contributed by atoms with E-state index in [1.165, 1.54) is 18.4 Å². The molecule has 0 spiro atoms. The van der Waals surface area contributed by atoms with Gasteiger partial charge in [0, 0.05) is 30.4 Å². The Kier molecular flexibility index (Phi) is 3.06. The van der Waals surface area contributed by atoms with Gasteiger partial charge in [-0.1, -0.05) is 0 Å². The van der Waals surface area contributed by atoms with Crippen LogP contribution < -0.4 is 11.1 Å². The summed E-state index contributed by atoms with van der Waals surface area (Å²) in [5, 5.41) is 3.42. The van der Waals surface area contributed by atoms with Crippen LogP contribution in [0.25, 0.3) is 0 Å². The maximum absolute atomic E-state index is 5.43. The highest BCUT2D eigenvalue weighted by atomic mass is 15.0. The van der Waals surface area contributed by atoms with Crippen molar-refractivity contribution in [3.8, 4) is 0 Å². The van der Waals surface area contributed by atoms with E-state index in [0.717, 1.165) is 18.8 Å². The number of nitrogens with one attached hydrogen (secondary N) is 1. The van der Waals surface area contributed by atoms with Crippen LogP contribution in [-0.2, 0) is 6.42 Å². The van der Waals surface area contributed by atoms with Crippen LogP contribution >= 0.6 is 0 Å². The Morgan fingerprint density at radius 2 is 2.21 bits per heavy atom. The second kappa shape index (κ2) is 4.48. The van der Waals surface area contributed by atoms with Gasteiger partial charge in [0.25, 0.3) is 0 Å². The average molecular weight is 192 g/mol. The first-order valence-electron chi connectivity index (χ1n) is 5.14. The predicted octanol–water partition coefficient (Wildman–Crippen LogP) is 0.402. The van der Waals surface area contributed by atoms with Crippen molar-refractivity contribution in [3.63, 3.8) is 0 Å². The van der Waals surface area contributed by atoms with E-state index in [-0.39, 0.29) is 0 Å². The normalized spacial score (nSPS) is 21.4. The second-order valence-corrected chi connectivity index (χ2v) is 3.62. The minimum atomic E-state index is 0.460. The third kappa shape index (κ3) is 2.08. The lowest BCUT2D eigenvalue weighted by molar-refractivity contribution is 0.638. The molecule has 4 heteroatoms. The number of nitrogens with zero attached hydrogens (tertiary/aromatic N) is 2. The van der Waals surface area contributed by atoms with Crippen LogP contribution in [0.4, 0.5) is 0 Å². The minimum absolute atomic E-state index is 0.460. The fourth-order valence-electron chi connectivity index (χ4n) is 1.77. The van der Waals surface area contributed by atoms with Gasteiger partial charge in [0.1, 0.15) is 5.82 Å². The van der Waals surface area contributed by atoms with Gasteiger partial charge in [-0.05, 0) is 25.9 Å². The largest absolute Gasteiger partial charge is 0.330 e. The summed E-state index contributed by atoms with van der Waals surface area (Å²) in [6.45, 7) is 1.72. The van der Waals surface area contributed by atoms with Gasteiger partial charge in [0.05, 0.1) is 0 Å². The van der Waals surface area contributed by atoms with Crippen molar-refractivity contribution in [2.45, 2.75) is 25.3 Å². The Bertz CT molecular complexity index is 277. The summed E-state index contributed by atoms with van der Waals surface area (Å²) in [6.07, 6.45) is 7.04. The monoisotopic (exact) mass is 192 g/mol. The van der Waals surface area contributed by atoms with Gasteiger partial charge >= 0.3 is 0 Å². The lowest BCUT2D eigenvalue weighted by atomic mass is 10.1. The molecular formula is C10H16N4. The minimum Gasteiger partial charge on any atom is -0.330 e. The Labute approximate surface area is 83.9 Å². The first kappa shape index (κ1) is 9.55. The Hall–Kier alpha value is -1.00. The molecule has 1 aliphatic rings. The van der Waals surface area contributed by atoms with Crippen LogP contribution in [0.2, 0.25) is 0 Å². The standard InChI is InChI=1S/C10H16N4/c11-4-3-10-13-6-8(7-14-10)9-2-1-5-12-9/h6-7,9,12H,1-5,11H2. The van der Waals surface area contributed by atoms with Gasteiger partial charge in [-0.25, -0.2) is 9.97 Å². The van der Waals surface area contributed by atoms with Crippen molar-refractivity contribution < 1.29 is 0 Å². The van der Waals surface area contributed by atoms with E-state index in [2.05, 4.69) is 15.3 Å². The van der Waals surface area contributed by atoms with E-state index in [1.807, 2.05) is 12.4 Å². The fraction of sp³-hybridized carbons (Fsp3) is 0.600. The topological polar surface area (TPSA) is 63.8 Å². The molecule has 1 atom stereocenters. The molecule has 2 rings (SSSR count). The summed E-state index contributed by atoms with van der Waals surface area (Å²) < 4.78 is 0. The molecule has 0 aromatic carbocycles. The maximum atomic E-state index is 5.43. The van der Waals surface area contributed by atoms with E-state index in [4.69, 9.17) is 5.73 Å². The number of rotatable bonds is 3. The van der Waals surface area contributed by atoms with E-state index >= 15 is 0 Å². The number of nitrogens with two attached hydrogens (primary N) is 1. The zero-order valence-corrected chi connectivity index (χ0v) is 8.24. The third-order valence-electron chi connectivity index (χ3n) is 2.56. The zero-order chi connectivity index (χ0) is 9.80. The number of aromatic nitrogens is 2. The van der Waals surface area contributed by atoms with Gasteiger partial charge in [-0.2, -0.15) is 0 Å². The molecule has 0 bridgehead atoms. The Morgan fingerprint density at radius 3 is 2.79 bits per heavy atom. The van der Waals surface area contributed by atoms with Crippen molar-refractivity contribution in [3.05, 3.63) is 23.8 Å². The predicted molar refractivity (Wildman–Crippen MR) is 54.8 cm³/mol. The lowest BCUT2D eigenvalue weighted by Crippen LogP contribution is -2.14. The molecule has 0 amide bonds. The number of hydrogen-bond acceptors (Lipinski definition) is 4. The van der Waals surface area contributed by atoms with E-state index in [9.17, 15) is 0 Å².